The first-order valence-electron chi connectivity index (χ1n) is 10.6. The third kappa shape index (κ3) is 6.14. The Morgan fingerprint density at radius 2 is 1.55 bits per heavy atom. The summed E-state index contributed by atoms with van der Waals surface area (Å²) in [6.07, 6.45) is 2.11. The standard InChI is InChI=1S/C17H16ClN5.C3H6O.2C2H6/c1-10-16-14(9-22(10)3)23-11(2)20-21-15(23)8-19-17(16)12-4-6-13(18)7-5-12;1-3(2)4;2*1-2/h4-7,9H,8H2,1-3H3;1-2H3;2*1-2H3. The normalized spacial score (nSPS) is 11.1. The molecule has 0 saturated heterocycles. The number of halogens is 1. The number of fused-ring (bicyclic) bond motifs is 3. The van der Waals surface area contributed by atoms with Crippen LogP contribution in [0.15, 0.2) is 35.5 Å². The summed E-state index contributed by atoms with van der Waals surface area (Å²) in [7, 11) is 2.04. The molecule has 168 valence electrons. The van der Waals surface area contributed by atoms with Crippen molar-refractivity contribution < 1.29 is 4.79 Å². The van der Waals surface area contributed by atoms with Crippen LogP contribution in [0.3, 0.4) is 0 Å². The van der Waals surface area contributed by atoms with Crippen LogP contribution < -0.4 is 0 Å². The maximum atomic E-state index is 9.44. The second-order valence-corrected chi connectivity index (χ2v) is 7.10. The van der Waals surface area contributed by atoms with Crippen LogP contribution in [0.1, 0.15) is 70.0 Å². The lowest BCUT2D eigenvalue weighted by Crippen LogP contribution is -2.07. The SMILES string of the molecule is CC.CC.CC(C)=O.Cc1c2c(cn1C)-n1c(C)nnc1CN=C2c1ccc(Cl)cc1. The fourth-order valence-electron chi connectivity index (χ4n) is 3.06. The van der Waals surface area contributed by atoms with Crippen LogP contribution in [0.25, 0.3) is 5.69 Å². The molecule has 0 amide bonds. The van der Waals surface area contributed by atoms with E-state index in [1.807, 2.05) is 65.9 Å². The molecule has 0 saturated carbocycles. The molecular formula is C24H34ClN5O. The van der Waals surface area contributed by atoms with Crippen LogP contribution in [0.2, 0.25) is 5.02 Å². The Morgan fingerprint density at radius 1 is 1.00 bits per heavy atom. The second-order valence-electron chi connectivity index (χ2n) is 6.66. The molecule has 3 heterocycles. The summed E-state index contributed by atoms with van der Waals surface area (Å²) in [5.74, 6) is 1.90. The van der Waals surface area contributed by atoms with E-state index in [4.69, 9.17) is 16.6 Å². The van der Waals surface area contributed by atoms with Gasteiger partial charge in [-0.15, -0.1) is 10.2 Å². The molecule has 0 unspecified atom stereocenters. The molecule has 0 radical (unpaired) electrons. The molecule has 0 bridgehead atoms. The summed E-state index contributed by atoms with van der Waals surface area (Å²) in [6.45, 7) is 15.6. The number of rotatable bonds is 1. The second kappa shape index (κ2) is 12.2. The van der Waals surface area contributed by atoms with E-state index >= 15 is 0 Å². The fraction of sp³-hybridized carbons (Fsp3) is 0.417. The number of Topliss-reactive ketones (excluding diaryl/α,β-unsaturated/α-hetero) is 1. The van der Waals surface area contributed by atoms with Crippen molar-refractivity contribution in [1.29, 1.82) is 0 Å². The highest BCUT2D eigenvalue weighted by atomic mass is 35.5. The van der Waals surface area contributed by atoms with Crippen LogP contribution in [0, 0.1) is 13.8 Å². The van der Waals surface area contributed by atoms with Gasteiger partial charge in [0.15, 0.2) is 5.82 Å². The third-order valence-corrected chi connectivity index (χ3v) is 4.58. The van der Waals surface area contributed by atoms with Gasteiger partial charge in [0.25, 0.3) is 0 Å². The van der Waals surface area contributed by atoms with Gasteiger partial charge in [-0.25, -0.2) is 0 Å². The smallest absolute Gasteiger partial charge is 0.159 e. The van der Waals surface area contributed by atoms with Gasteiger partial charge in [-0.2, -0.15) is 0 Å². The van der Waals surface area contributed by atoms with Gasteiger partial charge in [0, 0.05) is 35.1 Å². The van der Waals surface area contributed by atoms with Crippen LogP contribution >= 0.6 is 11.6 Å². The van der Waals surface area contributed by atoms with Crippen molar-refractivity contribution in [1.82, 2.24) is 19.3 Å². The van der Waals surface area contributed by atoms with Crippen LogP contribution in [-0.4, -0.2) is 30.8 Å². The van der Waals surface area contributed by atoms with E-state index in [2.05, 4.69) is 32.5 Å². The quantitative estimate of drug-likeness (QED) is 0.472. The van der Waals surface area contributed by atoms with E-state index in [-0.39, 0.29) is 5.78 Å². The van der Waals surface area contributed by atoms with Crippen molar-refractivity contribution in [3.05, 3.63) is 64.0 Å². The van der Waals surface area contributed by atoms with Crippen molar-refractivity contribution >= 4 is 23.1 Å². The van der Waals surface area contributed by atoms with E-state index in [1.165, 1.54) is 13.8 Å². The molecule has 0 spiro atoms. The average Bonchev–Trinajstić information content (AvgIpc) is 3.19. The highest BCUT2D eigenvalue weighted by molar-refractivity contribution is 6.30. The van der Waals surface area contributed by atoms with Gasteiger partial charge in [0.2, 0.25) is 0 Å². The summed E-state index contributed by atoms with van der Waals surface area (Å²) in [6, 6.07) is 7.81. The average molecular weight is 444 g/mol. The number of carbonyl (C=O) groups is 1. The van der Waals surface area contributed by atoms with Gasteiger partial charge in [-0.3, -0.25) is 9.56 Å². The van der Waals surface area contributed by atoms with E-state index in [0.717, 1.165) is 44.9 Å². The highest BCUT2D eigenvalue weighted by Crippen LogP contribution is 2.29. The van der Waals surface area contributed by atoms with Crippen LogP contribution in [0.5, 0.6) is 0 Å². The maximum absolute atomic E-state index is 9.44. The molecule has 3 aromatic rings. The van der Waals surface area contributed by atoms with Gasteiger partial charge in [0.05, 0.1) is 11.4 Å². The predicted octanol–water partition coefficient (Wildman–Crippen LogP) is 5.87. The number of carbonyl (C=O) groups excluding carboxylic acids is 1. The summed E-state index contributed by atoms with van der Waals surface area (Å²) in [5, 5.41) is 9.20. The topological polar surface area (TPSA) is 65.1 Å². The zero-order chi connectivity index (χ0) is 23.7. The van der Waals surface area contributed by atoms with Crippen LogP contribution in [-0.2, 0) is 18.4 Å². The zero-order valence-corrected chi connectivity index (χ0v) is 20.9. The number of ketones is 1. The largest absolute Gasteiger partial charge is 0.352 e. The molecule has 1 aliphatic heterocycles. The first-order chi connectivity index (χ1) is 14.8. The van der Waals surface area contributed by atoms with E-state index in [9.17, 15) is 4.79 Å². The first kappa shape index (κ1) is 26.3. The van der Waals surface area contributed by atoms with Crippen molar-refractivity contribution in [2.75, 3.05) is 0 Å². The van der Waals surface area contributed by atoms with E-state index in [1.54, 1.807) is 0 Å². The molecule has 0 atom stereocenters. The summed E-state index contributed by atoms with van der Waals surface area (Å²) in [5.41, 5.74) is 5.39. The highest BCUT2D eigenvalue weighted by Gasteiger charge is 2.25. The minimum absolute atomic E-state index is 0.167. The number of hydrogen-bond donors (Lipinski definition) is 0. The van der Waals surface area contributed by atoms with E-state index in [0.29, 0.717) is 6.54 Å². The number of aryl methyl sites for hydroxylation is 2. The van der Waals surface area contributed by atoms with Crippen LogP contribution in [0.4, 0.5) is 0 Å². The summed E-state index contributed by atoms with van der Waals surface area (Å²) in [4.78, 5) is 14.3. The molecule has 6 nitrogen and oxygen atoms in total. The molecule has 1 aliphatic rings. The first-order valence-corrected chi connectivity index (χ1v) is 11.0. The number of aromatic nitrogens is 4. The van der Waals surface area contributed by atoms with Gasteiger partial charge in [0.1, 0.15) is 18.2 Å². The Kier molecular flexibility index (Phi) is 10.4. The zero-order valence-electron chi connectivity index (χ0n) is 20.1. The lowest BCUT2D eigenvalue weighted by molar-refractivity contribution is -0.114. The minimum Gasteiger partial charge on any atom is -0.352 e. The van der Waals surface area contributed by atoms with Gasteiger partial charge < -0.3 is 9.36 Å². The molecule has 1 aromatic carbocycles. The molecule has 2 aromatic heterocycles. The van der Waals surface area contributed by atoms with Crippen molar-refractivity contribution in [3.63, 3.8) is 0 Å². The number of aliphatic imine (C=N–C) groups is 1. The van der Waals surface area contributed by atoms with Crippen molar-refractivity contribution in [3.8, 4) is 5.69 Å². The van der Waals surface area contributed by atoms with Gasteiger partial charge >= 0.3 is 0 Å². The Balaban J connectivity index is 0.000000532. The molecular weight excluding hydrogens is 410 g/mol. The number of nitrogens with zero attached hydrogens (tertiary/aromatic N) is 5. The molecule has 4 rings (SSSR count). The molecule has 0 fully saturated rings. The predicted molar refractivity (Wildman–Crippen MR) is 130 cm³/mol. The Morgan fingerprint density at radius 3 is 2.10 bits per heavy atom. The van der Waals surface area contributed by atoms with Gasteiger partial charge in [-0.1, -0.05) is 51.4 Å². The Bertz CT molecular complexity index is 1030. The Hall–Kier alpha value is -2.73. The van der Waals surface area contributed by atoms with Crippen molar-refractivity contribution in [2.45, 2.75) is 61.9 Å². The molecule has 7 heteroatoms. The monoisotopic (exact) mass is 443 g/mol. The summed E-state index contributed by atoms with van der Waals surface area (Å²) < 4.78 is 4.21. The number of hydrogen-bond acceptors (Lipinski definition) is 4. The number of benzene rings is 1. The van der Waals surface area contributed by atoms with E-state index < -0.39 is 0 Å². The van der Waals surface area contributed by atoms with Crippen molar-refractivity contribution in [2.24, 2.45) is 12.0 Å². The lowest BCUT2D eigenvalue weighted by Gasteiger charge is -2.09. The fourth-order valence-corrected chi connectivity index (χ4v) is 3.19. The molecule has 0 aliphatic carbocycles. The molecule has 31 heavy (non-hydrogen) atoms. The Labute approximate surface area is 191 Å². The van der Waals surface area contributed by atoms with Gasteiger partial charge in [-0.05, 0) is 39.8 Å². The third-order valence-electron chi connectivity index (χ3n) is 4.33. The maximum Gasteiger partial charge on any atom is 0.159 e. The minimum atomic E-state index is 0.167. The lowest BCUT2D eigenvalue weighted by atomic mass is 10.0. The molecule has 0 N–H and O–H groups in total. The summed E-state index contributed by atoms with van der Waals surface area (Å²) >= 11 is 6.03.